The van der Waals surface area contributed by atoms with Gasteiger partial charge in [0, 0.05) is 0 Å². The van der Waals surface area contributed by atoms with Crippen LogP contribution in [0.4, 0.5) is 0 Å². The first-order valence-corrected chi connectivity index (χ1v) is 8.41. The van der Waals surface area contributed by atoms with Gasteiger partial charge in [-0.05, 0) is 0 Å². The average Bonchev–Trinajstić information content (AvgIpc) is 2.46. The molecule has 0 heterocycles. The fourth-order valence-electron chi connectivity index (χ4n) is 1.75. The molecule has 0 unspecified atom stereocenters. The minimum atomic E-state index is -0.190. The second-order valence-electron chi connectivity index (χ2n) is 4.41. The van der Waals surface area contributed by atoms with Crippen LogP contribution in [0.1, 0.15) is 39.5 Å². The van der Waals surface area contributed by atoms with E-state index in [-0.39, 0.29) is 20.9 Å². The third-order valence-electron chi connectivity index (χ3n) is 2.90. The Bertz CT molecular complexity index is 424. The molecule has 0 bridgehead atoms. The number of allylic oxidation sites excluding steroid dienone is 1. The van der Waals surface area contributed by atoms with E-state index in [9.17, 15) is 4.79 Å². The first kappa shape index (κ1) is 16.0. The first-order chi connectivity index (χ1) is 9.19. The number of esters is 1. The number of carbonyl (C=O) groups excluding carboxylic acids is 1. The predicted octanol–water partition coefficient (Wildman–Crippen LogP) is 3.04. The zero-order valence-electron chi connectivity index (χ0n) is 11.9. The van der Waals surface area contributed by atoms with Crippen LogP contribution >= 0.6 is 0 Å². The standard InChI is InChI=1S/C16H22O2Se/c1-4-5-7-12-15(13(2)16(17)18-3)19-14-10-8-6-9-11-14/h6,8-11H,4-5,7,12H2,1-3H3/b15-13+. The Morgan fingerprint density at radius 3 is 2.47 bits per heavy atom. The monoisotopic (exact) mass is 326 g/mol. The van der Waals surface area contributed by atoms with Gasteiger partial charge in [-0.2, -0.15) is 0 Å². The Morgan fingerprint density at radius 1 is 1.21 bits per heavy atom. The molecular formula is C16H22O2Se. The van der Waals surface area contributed by atoms with Crippen LogP contribution in [-0.4, -0.2) is 28.0 Å². The van der Waals surface area contributed by atoms with Gasteiger partial charge < -0.3 is 0 Å². The summed E-state index contributed by atoms with van der Waals surface area (Å²) in [4.78, 5) is 11.7. The molecule has 0 saturated heterocycles. The molecule has 0 aliphatic carbocycles. The van der Waals surface area contributed by atoms with E-state index in [2.05, 4.69) is 19.1 Å². The average molecular weight is 325 g/mol. The van der Waals surface area contributed by atoms with Crippen LogP contribution in [0.2, 0.25) is 0 Å². The molecule has 3 heteroatoms. The van der Waals surface area contributed by atoms with Gasteiger partial charge in [0.15, 0.2) is 0 Å². The van der Waals surface area contributed by atoms with E-state index in [4.69, 9.17) is 4.74 Å². The van der Waals surface area contributed by atoms with Crippen molar-refractivity contribution in [2.45, 2.75) is 39.5 Å². The molecule has 0 aromatic heterocycles. The fourth-order valence-corrected chi connectivity index (χ4v) is 3.97. The van der Waals surface area contributed by atoms with Gasteiger partial charge in [0.25, 0.3) is 0 Å². The van der Waals surface area contributed by atoms with Gasteiger partial charge in [-0.25, -0.2) is 0 Å². The second kappa shape index (κ2) is 8.95. The van der Waals surface area contributed by atoms with E-state index in [1.54, 1.807) is 0 Å². The summed E-state index contributed by atoms with van der Waals surface area (Å²) in [5, 5.41) is 0. The number of methoxy groups -OCH3 is 1. The van der Waals surface area contributed by atoms with Crippen LogP contribution in [-0.2, 0) is 9.53 Å². The summed E-state index contributed by atoms with van der Waals surface area (Å²) in [6.07, 6.45) is 4.56. The molecule has 1 aromatic rings. The van der Waals surface area contributed by atoms with Crippen molar-refractivity contribution >= 4 is 25.4 Å². The summed E-state index contributed by atoms with van der Waals surface area (Å²) in [7, 11) is 1.45. The Balaban J connectivity index is 2.83. The van der Waals surface area contributed by atoms with Gasteiger partial charge in [-0.3, -0.25) is 0 Å². The van der Waals surface area contributed by atoms with Crippen molar-refractivity contribution in [2.24, 2.45) is 0 Å². The number of hydrogen-bond donors (Lipinski definition) is 0. The van der Waals surface area contributed by atoms with Crippen molar-refractivity contribution in [3.05, 3.63) is 40.4 Å². The van der Waals surface area contributed by atoms with Crippen LogP contribution < -0.4 is 4.46 Å². The number of unbranched alkanes of at least 4 members (excludes halogenated alkanes) is 2. The summed E-state index contributed by atoms with van der Waals surface area (Å²) in [6, 6.07) is 10.4. The van der Waals surface area contributed by atoms with Gasteiger partial charge in [-0.1, -0.05) is 0 Å². The molecule has 0 fully saturated rings. The second-order valence-corrected chi connectivity index (χ2v) is 6.86. The molecule has 2 nitrogen and oxygen atoms in total. The van der Waals surface area contributed by atoms with E-state index in [0.717, 1.165) is 18.4 Å². The van der Waals surface area contributed by atoms with Gasteiger partial charge >= 0.3 is 122 Å². The minimum absolute atomic E-state index is 0.190. The molecule has 0 amide bonds. The number of rotatable bonds is 7. The fraction of sp³-hybridized carbons (Fsp3) is 0.438. The predicted molar refractivity (Wildman–Crippen MR) is 80.7 cm³/mol. The van der Waals surface area contributed by atoms with Crippen molar-refractivity contribution in [1.29, 1.82) is 0 Å². The molecular weight excluding hydrogens is 303 g/mol. The van der Waals surface area contributed by atoms with Crippen molar-refractivity contribution in [1.82, 2.24) is 0 Å². The topological polar surface area (TPSA) is 26.3 Å². The number of ether oxygens (including phenoxy) is 1. The number of benzene rings is 1. The molecule has 0 radical (unpaired) electrons. The molecule has 0 aliphatic heterocycles. The summed E-state index contributed by atoms with van der Waals surface area (Å²) in [5.41, 5.74) is 0.794. The van der Waals surface area contributed by atoms with Crippen LogP contribution in [0.25, 0.3) is 0 Å². The van der Waals surface area contributed by atoms with E-state index in [0.29, 0.717) is 0 Å². The van der Waals surface area contributed by atoms with E-state index in [1.807, 2.05) is 25.1 Å². The van der Waals surface area contributed by atoms with Gasteiger partial charge in [0.05, 0.1) is 0 Å². The Hall–Kier alpha value is -1.05. The van der Waals surface area contributed by atoms with E-state index < -0.39 is 0 Å². The quantitative estimate of drug-likeness (QED) is 0.333. The summed E-state index contributed by atoms with van der Waals surface area (Å²) in [5.74, 6) is -0.190. The van der Waals surface area contributed by atoms with E-state index >= 15 is 0 Å². The van der Waals surface area contributed by atoms with Gasteiger partial charge in [0.1, 0.15) is 0 Å². The first-order valence-electron chi connectivity index (χ1n) is 6.70. The summed E-state index contributed by atoms with van der Waals surface area (Å²) >= 11 is 0.216. The van der Waals surface area contributed by atoms with Crippen LogP contribution in [0.3, 0.4) is 0 Å². The maximum absolute atomic E-state index is 11.7. The molecule has 0 atom stereocenters. The molecule has 0 spiro atoms. The molecule has 104 valence electrons. The number of hydrogen-bond acceptors (Lipinski definition) is 2. The van der Waals surface area contributed by atoms with Gasteiger partial charge in [0.2, 0.25) is 0 Å². The van der Waals surface area contributed by atoms with Crippen molar-refractivity contribution in [3.63, 3.8) is 0 Å². The van der Waals surface area contributed by atoms with Gasteiger partial charge in [-0.15, -0.1) is 0 Å². The van der Waals surface area contributed by atoms with Crippen LogP contribution in [0.5, 0.6) is 0 Å². The zero-order valence-corrected chi connectivity index (χ0v) is 13.7. The normalized spacial score (nSPS) is 11.9. The summed E-state index contributed by atoms with van der Waals surface area (Å²) < 4.78 is 7.42. The molecule has 0 aliphatic rings. The molecule has 1 aromatic carbocycles. The molecule has 1 rings (SSSR count). The van der Waals surface area contributed by atoms with Crippen LogP contribution in [0.15, 0.2) is 40.4 Å². The number of carbonyl (C=O) groups is 1. The van der Waals surface area contributed by atoms with Crippen molar-refractivity contribution in [2.75, 3.05) is 7.11 Å². The SMILES string of the molecule is CCCCC/C([Se]c1ccccc1)=C(/C)C(=O)OC. The van der Waals surface area contributed by atoms with E-state index in [1.165, 1.54) is 28.9 Å². The molecule has 0 saturated carbocycles. The Labute approximate surface area is 122 Å². The summed E-state index contributed by atoms with van der Waals surface area (Å²) in [6.45, 7) is 4.08. The van der Waals surface area contributed by atoms with Crippen molar-refractivity contribution < 1.29 is 9.53 Å². The molecule has 0 N–H and O–H groups in total. The maximum atomic E-state index is 11.7. The third kappa shape index (κ3) is 5.63. The third-order valence-corrected chi connectivity index (χ3v) is 5.55. The molecule has 19 heavy (non-hydrogen) atoms. The Morgan fingerprint density at radius 2 is 1.89 bits per heavy atom. The zero-order chi connectivity index (χ0) is 14.1. The van der Waals surface area contributed by atoms with Crippen LogP contribution in [0, 0.1) is 0 Å². The Kier molecular flexibility index (Phi) is 7.54. The van der Waals surface area contributed by atoms with Crippen molar-refractivity contribution in [3.8, 4) is 0 Å².